The number of benzene rings is 2. The molecule has 6 heteroatoms. The number of phenols is 1. The Morgan fingerprint density at radius 2 is 1.61 bits per heavy atom. The maximum Gasteiger partial charge on any atom is 0.303 e. The second-order valence-electron chi connectivity index (χ2n) is 8.10. The van der Waals surface area contributed by atoms with Crippen LogP contribution in [-0.2, 0) is 30.2 Å². The van der Waals surface area contributed by atoms with E-state index in [-0.39, 0.29) is 17.8 Å². The Bertz CT molecular complexity index is 906. The smallest absolute Gasteiger partial charge is 0.303 e. The molecule has 1 saturated heterocycles. The predicted octanol–water partition coefficient (Wildman–Crippen LogP) is 4.33. The highest BCUT2D eigenvalue weighted by Gasteiger charge is 2.47. The van der Waals surface area contributed by atoms with Gasteiger partial charge in [0.2, 0.25) is 0 Å². The number of phenolic OH excluding ortho intramolecular Hbond substituents is 1. The number of aromatic hydroxyl groups is 1. The fourth-order valence-corrected chi connectivity index (χ4v) is 4.23. The molecule has 166 valence electrons. The second kappa shape index (κ2) is 9.96. The van der Waals surface area contributed by atoms with E-state index in [1.54, 1.807) is 12.1 Å². The van der Waals surface area contributed by atoms with Gasteiger partial charge in [0.15, 0.2) is 6.10 Å². The van der Waals surface area contributed by atoms with Gasteiger partial charge in [-0.3, -0.25) is 9.59 Å². The van der Waals surface area contributed by atoms with Crippen LogP contribution in [0, 0.1) is 5.92 Å². The number of ether oxygens (including phenoxy) is 3. The Hall–Kier alpha value is -2.86. The van der Waals surface area contributed by atoms with E-state index in [1.807, 2.05) is 50.2 Å². The molecule has 1 aliphatic heterocycles. The highest BCUT2D eigenvalue weighted by molar-refractivity contribution is 5.67. The van der Waals surface area contributed by atoms with Crippen molar-refractivity contribution in [1.29, 1.82) is 0 Å². The summed E-state index contributed by atoms with van der Waals surface area (Å²) in [4.78, 5) is 23.7. The third-order valence-corrected chi connectivity index (χ3v) is 5.68. The Labute approximate surface area is 183 Å². The number of rotatable bonds is 6. The fourth-order valence-electron chi connectivity index (χ4n) is 4.23. The van der Waals surface area contributed by atoms with Gasteiger partial charge < -0.3 is 19.3 Å². The van der Waals surface area contributed by atoms with Crippen molar-refractivity contribution in [3.63, 3.8) is 0 Å². The van der Waals surface area contributed by atoms with Gasteiger partial charge in [0.05, 0.1) is 6.10 Å². The molecule has 0 amide bonds. The lowest BCUT2D eigenvalue weighted by molar-refractivity contribution is -0.225. The van der Waals surface area contributed by atoms with Gasteiger partial charge in [-0.2, -0.15) is 0 Å². The summed E-state index contributed by atoms with van der Waals surface area (Å²) in [7, 11) is 0. The Morgan fingerprint density at radius 3 is 2.23 bits per heavy atom. The molecule has 0 radical (unpaired) electrons. The van der Waals surface area contributed by atoms with E-state index >= 15 is 0 Å². The summed E-state index contributed by atoms with van der Waals surface area (Å²) >= 11 is 0. The molecule has 0 aromatic heterocycles. The summed E-state index contributed by atoms with van der Waals surface area (Å²) in [5, 5.41) is 9.50. The van der Waals surface area contributed by atoms with E-state index in [4.69, 9.17) is 14.2 Å². The molecule has 2 aromatic carbocycles. The van der Waals surface area contributed by atoms with Crippen LogP contribution < -0.4 is 0 Å². The Balaban J connectivity index is 1.93. The van der Waals surface area contributed by atoms with E-state index in [9.17, 15) is 14.7 Å². The Kier molecular flexibility index (Phi) is 7.33. The molecule has 1 fully saturated rings. The molecule has 31 heavy (non-hydrogen) atoms. The molecule has 5 atom stereocenters. The van der Waals surface area contributed by atoms with Gasteiger partial charge >= 0.3 is 11.9 Å². The summed E-state index contributed by atoms with van der Waals surface area (Å²) in [5.74, 6) is -0.744. The largest absolute Gasteiger partial charge is 0.508 e. The minimum Gasteiger partial charge on any atom is -0.508 e. The average Bonchev–Trinajstić information content (AvgIpc) is 2.72. The van der Waals surface area contributed by atoms with Crippen LogP contribution in [0.1, 0.15) is 56.9 Å². The van der Waals surface area contributed by atoms with Crippen LogP contribution in [0.4, 0.5) is 0 Å². The van der Waals surface area contributed by atoms with Crippen LogP contribution in [0.2, 0.25) is 0 Å². The summed E-state index contributed by atoms with van der Waals surface area (Å²) in [6.45, 7) is 6.69. The zero-order valence-corrected chi connectivity index (χ0v) is 18.4. The fraction of sp³-hybridized carbons (Fsp3) is 0.440. The van der Waals surface area contributed by atoms with Crippen LogP contribution in [0.15, 0.2) is 48.5 Å². The summed E-state index contributed by atoms with van der Waals surface area (Å²) < 4.78 is 17.6. The van der Waals surface area contributed by atoms with Crippen LogP contribution in [0.5, 0.6) is 5.75 Å². The highest BCUT2D eigenvalue weighted by atomic mass is 16.6. The quantitative estimate of drug-likeness (QED) is 0.693. The minimum absolute atomic E-state index is 0.116. The lowest BCUT2D eigenvalue weighted by atomic mass is 9.84. The minimum atomic E-state index is -0.733. The highest BCUT2D eigenvalue weighted by Crippen LogP contribution is 2.40. The first kappa shape index (κ1) is 22.8. The molecule has 0 spiro atoms. The van der Waals surface area contributed by atoms with E-state index in [0.717, 1.165) is 23.1 Å². The zero-order chi connectivity index (χ0) is 22.5. The topological polar surface area (TPSA) is 82.1 Å². The number of esters is 2. The first-order valence-electron chi connectivity index (χ1n) is 10.6. The molecule has 0 saturated carbocycles. The van der Waals surface area contributed by atoms with Crippen molar-refractivity contribution in [3.05, 3.63) is 65.2 Å². The van der Waals surface area contributed by atoms with Crippen molar-refractivity contribution in [1.82, 2.24) is 0 Å². The first-order chi connectivity index (χ1) is 14.8. The maximum atomic E-state index is 11.9. The number of hydrogen-bond donors (Lipinski definition) is 1. The first-order valence-corrected chi connectivity index (χ1v) is 10.6. The van der Waals surface area contributed by atoms with Crippen molar-refractivity contribution < 1.29 is 28.9 Å². The second-order valence-corrected chi connectivity index (χ2v) is 8.10. The lowest BCUT2D eigenvalue weighted by Crippen LogP contribution is -2.52. The van der Waals surface area contributed by atoms with Gasteiger partial charge in [0.25, 0.3) is 0 Å². The van der Waals surface area contributed by atoms with Crippen molar-refractivity contribution in [3.8, 4) is 5.75 Å². The molecule has 0 aliphatic carbocycles. The average molecular weight is 427 g/mol. The third-order valence-electron chi connectivity index (χ3n) is 5.68. The van der Waals surface area contributed by atoms with Gasteiger partial charge in [0.1, 0.15) is 18.0 Å². The van der Waals surface area contributed by atoms with Crippen molar-refractivity contribution in [2.75, 3.05) is 0 Å². The van der Waals surface area contributed by atoms with Crippen molar-refractivity contribution in [2.24, 2.45) is 5.92 Å². The van der Waals surface area contributed by atoms with E-state index < -0.39 is 30.3 Å². The molecule has 6 nitrogen and oxygen atoms in total. The van der Waals surface area contributed by atoms with Gasteiger partial charge in [-0.05, 0) is 41.7 Å². The molecule has 1 aliphatic rings. The van der Waals surface area contributed by atoms with Crippen LogP contribution in [0.25, 0.3) is 0 Å². The van der Waals surface area contributed by atoms with Gasteiger partial charge in [-0.1, -0.05) is 50.2 Å². The zero-order valence-electron chi connectivity index (χ0n) is 18.4. The standard InChI is InChI=1S/C25H30O6/c1-5-22-15(2)23(29-16(3)26)25(30-17(4)27)24(31-22)20-8-6-7-19(14-20)13-18-9-11-21(28)12-10-18/h6-12,14-15,22-25,28H,5,13H2,1-4H3/t15-,22-,23+,24+,25-/m1/s1. The molecule has 2 aromatic rings. The third kappa shape index (κ3) is 5.64. The Morgan fingerprint density at radius 1 is 0.968 bits per heavy atom. The normalized spacial score (nSPS) is 25.6. The SMILES string of the molecule is CC[C@H]1O[C@@H](c2cccc(Cc3ccc(O)cc3)c2)[C@H](OC(C)=O)[C@@H](OC(C)=O)[C@@H]1C. The maximum absolute atomic E-state index is 11.9. The van der Waals surface area contributed by atoms with Crippen molar-refractivity contribution in [2.45, 2.75) is 65.0 Å². The van der Waals surface area contributed by atoms with Gasteiger partial charge in [0, 0.05) is 19.8 Å². The monoisotopic (exact) mass is 426 g/mol. The molecule has 1 heterocycles. The molecular weight excluding hydrogens is 396 g/mol. The molecular formula is C25H30O6. The van der Waals surface area contributed by atoms with E-state index in [0.29, 0.717) is 6.42 Å². The number of carbonyl (C=O) groups excluding carboxylic acids is 2. The summed E-state index contributed by atoms with van der Waals surface area (Å²) in [5.41, 5.74) is 2.99. The van der Waals surface area contributed by atoms with Crippen molar-refractivity contribution >= 4 is 11.9 Å². The summed E-state index contributed by atoms with van der Waals surface area (Å²) in [6.07, 6.45) is -0.583. The number of hydrogen-bond acceptors (Lipinski definition) is 6. The van der Waals surface area contributed by atoms with Gasteiger partial charge in [-0.25, -0.2) is 0 Å². The van der Waals surface area contributed by atoms with E-state index in [1.165, 1.54) is 13.8 Å². The molecule has 3 rings (SSSR count). The van der Waals surface area contributed by atoms with Crippen LogP contribution in [0.3, 0.4) is 0 Å². The summed E-state index contributed by atoms with van der Waals surface area (Å²) in [6, 6.07) is 15.0. The lowest BCUT2D eigenvalue weighted by Gasteiger charge is -2.44. The van der Waals surface area contributed by atoms with Crippen LogP contribution in [-0.4, -0.2) is 35.4 Å². The number of carbonyl (C=O) groups is 2. The molecule has 1 N–H and O–H groups in total. The van der Waals surface area contributed by atoms with E-state index in [2.05, 4.69) is 0 Å². The molecule has 0 unspecified atom stereocenters. The predicted molar refractivity (Wildman–Crippen MR) is 116 cm³/mol. The van der Waals surface area contributed by atoms with Gasteiger partial charge in [-0.15, -0.1) is 0 Å². The van der Waals surface area contributed by atoms with Crippen LogP contribution >= 0.6 is 0 Å². The molecule has 0 bridgehead atoms.